The van der Waals surface area contributed by atoms with Gasteiger partial charge in [-0.15, -0.1) is 0 Å². The molecule has 0 bridgehead atoms. The monoisotopic (exact) mass is 513 g/mol. The van der Waals surface area contributed by atoms with Crippen molar-refractivity contribution in [1.82, 2.24) is 4.90 Å². The second kappa shape index (κ2) is 7.64. The van der Waals surface area contributed by atoms with E-state index in [1.807, 2.05) is 91.9 Å². The molecule has 39 heavy (non-hydrogen) atoms. The molecular formula is C33H27N3O3. The van der Waals surface area contributed by atoms with Crippen molar-refractivity contribution in [2.45, 2.75) is 36.8 Å². The Morgan fingerprint density at radius 1 is 0.846 bits per heavy atom. The quantitative estimate of drug-likeness (QED) is 0.363. The minimum Gasteiger partial charge on any atom is -0.325 e. The van der Waals surface area contributed by atoms with Gasteiger partial charge in [0.25, 0.3) is 5.91 Å². The van der Waals surface area contributed by atoms with Crippen LogP contribution in [0.1, 0.15) is 39.9 Å². The lowest BCUT2D eigenvalue weighted by Crippen LogP contribution is -2.62. The van der Waals surface area contributed by atoms with Crippen LogP contribution in [-0.4, -0.2) is 35.1 Å². The van der Waals surface area contributed by atoms with Gasteiger partial charge in [-0.25, -0.2) is 0 Å². The number of amides is 2. The van der Waals surface area contributed by atoms with Crippen molar-refractivity contribution >= 4 is 39.7 Å². The van der Waals surface area contributed by atoms with E-state index in [4.69, 9.17) is 0 Å². The zero-order chi connectivity index (χ0) is 26.5. The summed E-state index contributed by atoms with van der Waals surface area (Å²) in [4.78, 5) is 46.1. The first-order chi connectivity index (χ1) is 19.0. The van der Waals surface area contributed by atoms with E-state index < -0.39 is 16.9 Å². The first kappa shape index (κ1) is 22.7. The van der Waals surface area contributed by atoms with Crippen LogP contribution in [0.5, 0.6) is 0 Å². The van der Waals surface area contributed by atoms with Gasteiger partial charge in [0.05, 0.1) is 5.92 Å². The molecule has 2 amide bonds. The molecule has 8 rings (SSSR count). The molecule has 4 aliphatic rings. The summed E-state index contributed by atoms with van der Waals surface area (Å²) in [6.07, 6.45) is 1.61. The molecule has 2 saturated heterocycles. The van der Waals surface area contributed by atoms with E-state index in [-0.39, 0.29) is 23.6 Å². The number of nitrogens with one attached hydrogen (secondary N) is 2. The molecule has 4 aromatic carbocycles. The predicted molar refractivity (Wildman–Crippen MR) is 150 cm³/mol. The molecule has 192 valence electrons. The maximum Gasteiger partial charge on any atom is 0.251 e. The molecule has 4 atom stereocenters. The highest BCUT2D eigenvalue weighted by Gasteiger charge is 2.81. The number of aryl methyl sites for hydroxylation is 1. The van der Waals surface area contributed by atoms with E-state index in [9.17, 15) is 14.4 Å². The Labute approximate surface area is 226 Å². The van der Waals surface area contributed by atoms with E-state index in [2.05, 4.69) is 15.5 Å². The second-order valence-electron chi connectivity index (χ2n) is 11.3. The zero-order valence-electron chi connectivity index (χ0n) is 21.5. The fraction of sp³-hybridized carbons (Fsp3) is 0.242. The molecule has 4 heterocycles. The topological polar surface area (TPSA) is 78.5 Å². The van der Waals surface area contributed by atoms with Crippen LogP contribution in [0.25, 0.3) is 10.8 Å². The summed E-state index contributed by atoms with van der Waals surface area (Å²) in [5.41, 5.74) is 1.72. The molecule has 0 aliphatic carbocycles. The maximum absolute atomic E-state index is 14.8. The molecule has 0 saturated carbocycles. The molecule has 6 nitrogen and oxygen atoms in total. The SMILES string of the molecule is Cc1cccc2c1NC(=O)[C@@]21N2CCC[C@@H]2[C@@H](C(=O)c2ccc3ccccc3c2)[C@]12C(=O)Nc1ccccc12. The molecule has 4 aromatic rings. The third kappa shape index (κ3) is 2.53. The van der Waals surface area contributed by atoms with Crippen LogP contribution >= 0.6 is 0 Å². The summed E-state index contributed by atoms with van der Waals surface area (Å²) in [6.45, 7) is 2.62. The van der Waals surface area contributed by atoms with Crippen LogP contribution in [-0.2, 0) is 20.5 Å². The number of nitrogens with zero attached hydrogens (tertiary/aromatic N) is 1. The smallest absolute Gasteiger partial charge is 0.251 e. The summed E-state index contributed by atoms with van der Waals surface area (Å²) < 4.78 is 0. The van der Waals surface area contributed by atoms with Gasteiger partial charge in [-0.1, -0.05) is 72.8 Å². The number of benzene rings is 4. The molecule has 0 aromatic heterocycles. The highest BCUT2D eigenvalue weighted by molar-refractivity contribution is 6.21. The number of anilines is 2. The highest BCUT2D eigenvalue weighted by atomic mass is 16.2. The Balaban J connectivity index is 1.46. The number of hydrogen-bond donors (Lipinski definition) is 2. The van der Waals surface area contributed by atoms with E-state index in [1.54, 1.807) is 0 Å². The molecule has 4 aliphatic heterocycles. The summed E-state index contributed by atoms with van der Waals surface area (Å²) >= 11 is 0. The van der Waals surface area contributed by atoms with Crippen LogP contribution in [0.4, 0.5) is 11.4 Å². The summed E-state index contributed by atoms with van der Waals surface area (Å²) in [6, 6.07) is 27.0. The summed E-state index contributed by atoms with van der Waals surface area (Å²) in [5, 5.41) is 8.30. The average molecular weight is 514 g/mol. The third-order valence-corrected chi connectivity index (χ3v) is 9.66. The van der Waals surface area contributed by atoms with Crippen molar-refractivity contribution in [3.63, 3.8) is 0 Å². The average Bonchev–Trinajstić information content (AvgIpc) is 3.67. The van der Waals surface area contributed by atoms with Crippen LogP contribution in [0.3, 0.4) is 0 Å². The summed E-state index contributed by atoms with van der Waals surface area (Å²) in [7, 11) is 0. The van der Waals surface area contributed by atoms with E-state index in [0.29, 0.717) is 17.8 Å². The lowest BCUT2D eigenvalue weighted by atomic mass is 9.57. The molecule has 2 fully saturated rings. The van der Waals surface area contributed by atoms with Crippen molar-refractivity contribution in [2.24, 2.45) is 5.92 Å². The molecule has 2 spiro atoms. The fourth-order valence-electron chi connectivity index (χ4n) is 8.27. The number of hydrogen-bond acceptors (Lipinski definition) is 4. The predicted octanol–water partition coefficient (Wildman–Crippen LogP) is 5.16. The minimum absolute atomic E-state index is 0.0877. The van der Waals surface area contributed by atoms with Gasteiger partial charge < -0.3 is 10.6 Å². The lowest BCUT2D eigenvalue weighted by Gasteiger charge is -2.43. The number of fused-ring (bicyclic) bond motifs is 8. The van der Waals surface area contributed by atoms with Crippen LogP contribution in [0.2, 0.25) is 0 Å². The highest BCUT2D eigenvalue weighted by Crippen LogP contribution is 2.68. The van der Waals surface area contributed by atoms with Crippen LogP contribution < -0.4 is 10.6 Å². The second-order valence-corrected chi connectivity index (χ2v) is 11.3. The van der Waals surface area contributed by atoms with E-state index in [1.165, 1.54) is 0 Å². The van der Waals surface area contributed by atoms with Gasteiger partial charge in [-0.3, -0.25) is 19.3 Å². The van der Waals surface area contributed by atoms with Crippen molar-refractivity contribution < 1.29 is 14.4 Å². The largest absolute Gasteiger partial charge is 0.325 e. The van der Waals surface area contributed by atoms with Gasteiger partial charge in [0.2, 0.25) is 5.91 Å². The third-order valence-electron chi connectivity index (χ3n) is 9.66. The molecular weight excluding hydrogens is 486 g/mol. The van der Waals surface area contributed by atoms with Crippen molar-refractivity contribution in [2.75, 3.05) is 17.2 Å². The summed E-state index contributed by atoms with van der Waals surface area (Å²) in [5.74, 6) is -1.32. The Hall–Kier alpha value is -4.29. The van der Waals surface area contributed by atoms with Crippen LogP contribution in [0, 0.1) is 12.8 Å². The maximum atomic E-state index is 14.8. The number of carbonyl (C=O) groups is 3. The Bertz CT molecular complexity index is 1760. The van der Waals surface area contributed by atoms with E-state index in [0.717, 1.165) is 46.0 Å². The number of para-hydroxylation sites is 2. The van der Waals surface area contributed by atoms with Crippen LogP contribution in [0.15, 0.2) is 84.9 Å². The number of ketones is 1. The van der Waals surface area contributed by atoms with Gasteiger partial charge in [0.1, 0.15) is 11.0 Å². The fourth-order valence-corrected chi connectivity index (χ4v) is 8.27. The van der Waals surface area contributed by atoms with Crippen molar-refractivity contribution in [3.05, 3.63) is 107 Å². The van der Waals surface area contributed by atoms with Crippen molar-refractivity contribution in [3.8, 4) is 0 Å². The number of rotatable bonds is 2. The molecule has 6 heteroatoms. The standard InChI is InChI=1S/C33H27N3O3/c1-19-8-6-12-24-28(19)35-31(39)33(24)32(23-11-4-5-13-25(23)34-30(32)38)27(26-14-7-17-36(26)33)29(37)22-16-15-20-9-2-3-10-21(20)18-22/h2-6,8-13,15-16,18,26-27H,7,14,17H2,1H3,(H,34,38)(H,35,39)/t26-,27+,32-,33+/m1/s1. The molecule has 0 radical (unpaired) electrons. The lowest BCUT2D eigenvalue weighted by molar-refractivity contribution is -0.137. The van der Waals surface area contributed by atoms with Gasteiger partial charge in [0.15, 0.2) is 5.78 Å². The van der Waals surface area contributed by atoms with Gasteiger partial charge in [0, 0.05) is 28.5 Å². The Morgan fingerprint density at radius 2 is 1.62 bits per heavy atom. The van der Waals surface area contributed by atoms with Gasteiger partial charge in [-0.2, -0.15) is 0 Å². The Kier molecular flexibility index (Phi) is 4.44. The van der Waals surface area contributed by atoms with Crippen molar-refractivity contribution in [1.29, 1.82) is 0 Å². The first-order valence-electron chi connectivity index (χ1n) is 13.6. The zero-order valence-corrected chi connectivity index (χ0v) is 21.5. The minimum atomic E-state index is -1.42. The van der Waals surface area contributed by atoms with E-state index >= 15 is 0 Å². The van der Waals surface area contributed by atoms with Gasteiger partial charge in [-0.05, 0) is 60.3 Å². The normalized spacial score (nSPS) is 28.5. The first-order valence-corrected chi connectivity index (χ1v) is 13.6. The molecule has 0 unspecified atom stereocenters. The molecule has 2 N–H and O–H groups in total. The van der Waals surface area contributed by atoms with Gasteiger partial charge >= 0.3 is 0 Å². The number of Topliss-reactive ketones (excluding diaryl/α,β-unsaturated/α-hetero) is 1. The Morgan fingerprint density at radius 3 is 2.49 bits per heavy atom. The number of carbonyl (C=O) groups excluding carboxylic acids is 3.